The molecule has 0 aliphatic heterocycles. The first-order valence-electron chi connectivity index (χ1n) is 11.6. The number of ketones is 2. The van der Waals surface area contributed by atoms with Crippen LogP contribution in [0.5, 0.6) is 5.75 Å². The molecule has 0 fully saturated rings. The van der Waals surface area contributed by atoms with E-state index in [1.165, 1.54) is 13.2 Å². The Morgan fingerprint density at radius 1 is 1.22 bits per heavy atom. The number of primary amides is 1. The van der Waals surface area contributed by atoms with Gasteiger partial charge in [-0.15, -0.1) is 0 Å². The number of nitrogens with two attached hydrogens (primary N) is 1. The molecule has 3 aliphatic carbocycles. The van der Waals surface area contributed by atoms with Crippen LogP contribution >= 0.6 is 0 Å². The summed E-state index contributed by atoms with van der Waals surface area (Å²) in [5.41, 5.74) is 0.946. The molecule has 0 unspecified atom stereocenters. The van der Waals surface area contributed by atoms with Crippen molar-refractivity contribution in [2.45, 2.75) is 24.9 Å². The van der Waals surface area contributed by atoms with Gasteiger partial charge in [-0.05, 0) is 30.5 Å². The minimum absolute atomic E-state index is 0.0383. The number of phenols is 1. The maximum Gasteiger partial charge on any atom is 0.255 e. The zero-order valence-electron chi connectivity index (χ0n) is 20.6. The molecule has 3 atom stereocenters. The van der Waals surface area contributed by atoms with Crippen molar-refractivity contribution in [3.05, 3.63) is 45.9 Å². The van der Waals surface area contributed by atoms with Crippen LogP contribution in [0.4, 0.5) is 5.69 Å². The van der Waals surface area contributed by atoms with Crippen LogP contribution in [0.1, 0.15) is 28.8 Å². The zero-order valence-corrected chi connectivity index (χ0v) is 20.6. The molecule has 0 radical (unpaired) electrons. The molecule has 1 aromatic carbocycles. The van der Waals surface area contributed by atoms with Gasteiger partial charge in [0.25, 0.3) is 5.91 Å². The van der Waals surface area contributed by atoms with Crippen LogP contribution in [0.2, 0.25) is 0 Å². The Kier molecular flexibility index (Phi) is 6.29. The van der Waals surface area contributed by atoms with E-state index in [1.807, 2.05) is 0 Å². The van der Waals surface area contributed by atoms with Crippen molar-refractivity contribution < 1.29 is 44.3 Å². The summed E-state index contributed by atoms with van der Waals surface area (Å²) in [6.07, 6.45) is -0.477. The molecule has 1 aromatic rings. The van der Waals surface area contributed by atoms with Crippen LogP contribution in [0.3, 0.4) is 0 Å². The van der Waals surface area contributed by atoms with Crippen LogP contribution in [0, 0.1) is 11.3 Å². The molecule has 0 bridgehead atoms. The fourth-order valence-electron chi connectivity index (χ4n) is 5.90. The van der Waals surface area contributed by atoms with Crippen molar-refractivity contribution in [1.29, 1.82) is 0 Å². The first-order valence-corrected chi connectivity index (χ1v) is 11.6. The summed E-state index contributed by atoms with van der Waals surface area (Å²) < 4.78 is 4.86. The largest absolute Gasteiger partial charge is 0.511 e. The number of aliphatic hydroxyl groups excluding tert-OH is 2. The van der Waals surface area contributed by atoms with Gasteiger partial charge in [0, 0.05) is 56.8 Å². The first-order chi connectivity index (χ1) is 17.3. The second-order valence-electron chi connectivity index (χ2n) is 9.96. The predicted octanol–water partition coefficient (Wildman–Crippen LogP) is -0.221. The third-order valence-electron chi connectivity index (χ3n) is 7.52. The fraction of sp³-hybridized carbons (Fsp3) is 0.440. The topological polar surface area (TPSA) is 200 Å². The minimum Gasteiger partial charge on any atom is -0.511 e. The number of fused-ring (bicyclic) bond motifs is 3. The molecule has 4 rings (SSSR count). The van der Waals surface area contributed by atoms with E-state index in [0.29, 0.717) is 11.3 Å². The normalized spacial score (nSPS) is 26.9. The van der Waals surface area contributed by atoms with E-state index in [-0.39, 0.29) is 49.3 Å². The summed E-state index contributed by atoms with van der Waals surface area (Å²) in [5.74, 6) is -7.08. The number of aliphatic hydroxyl groups is 3. The number of benzene rings is 1. The number of phenolic OH excluding ortho intramolecular Hbond substituents is 1. The third kappa shape index (κ3) is 3.75. The van der Waals surface area contributed by atoms with Crippen molar-refractivity contribution in [1.82, 2.24) is 5.32 Å². The lowest BCUT2D eigenvalue weighted by Gasteiger charge is -2.51. The molecule has 0 saturated carbocycles. The molecule has 7 N–H and O–H groups in total. The summed E-state index contributed by atoms with van der Waals surface area (Å²) in [6, 6.07) is 2.96. The monoisotopic (exact) mass is 515 g/mol. The summed E-state index contributed by atoms with van der Waals surface area (Å²) in [4.78, 5) is 53.1. The second kappa shape index (κ2) is 8.89. The number of carbonyl (C=O) groups excluding carboxylic acids is 4. The number of hydrogen-bond acceptors (Lipinski definition) is 10. The Balaban J connectivity index is 1.98. The van der Waals surface area contributed by atoms with Gasteiger partial charge in [0.2, 0.25) is 11.7 Å². The van der Waals surface area contributed by atoms with Gasteiger partial charge in [0.05, 0.1) is 5.56 Å². The highest BCUT2D eigenvalue weighted by atomic mass is 16.5. The number of allylic oxidation sites excluding steroid dienone is 1. The summed E-state index contributed by atoms with van der Waals surface area (Å²) in [7, 11) is 4.84. The summed E-state index contributed by atoms with van der Waals surface area (Å²) in [5, 5.41) is 46.7. The number of ether oxygens (including phenoxy) is 1. The lowest BCUT2D eigenvalue weighted by Crippen LogP contribution is -2.61. The Bertz CT molecular complexity index is 1300. The minimum atomic E-state index is -2.71. The number of Topliss-reactive ketones (excluding diaryl/α,β-unsaturated/α-hetero) is 2. The van der Waals surface area contributed by atoms with E-state index in [0.717, 1.165) is 0 Å². The second-order valence-corrected chi connectivity index (χ2v) is 9.96. The van der Waals surface area contributed by atoms with Gasteiger partial charge < -0.3 is 41.1 Å². The van der Waals surface area contributed by atoms with Crippen molar-refractivity contribution in [2.75, 3.05) is 39.3 Å². The fourth-order valence-corrected chi connectivity index (χ4v) is 5.90. The average molecular weight is 516 g/mol. The van der Waals surface area contributed by atoms with Gasteiger partial charge >= 0.3 is 0 Å². The number of hydrogen-bond donors (Lipinski definition) is 6. The van der Waals surface area contributed by atoms with E-state index >= 15 is 0 Å². The summed E-state index contributed by atoms with van der Waals surface area (Å²) in [6.45, 7) is -0.455. The lowest BCUT2D eigenvalue weighted by molar-refractivity contribution is -0.146. The number of carbonyl (C=O) groups is 4. The Hall–Kier alpha value is -3.90. The molecule has 0 saturated heterocycles. The molecular weight excluding hydrogens is 486 g/mol. The number of nitrogens with one attached hydrogen (secondary N) is 1. The van der Waals surface area contributed by atoms with Gasteiger partial charge in [-0.1, -0.05) is 0 Å². The van der Waals surface area contributed by atoms with E-state index < -0.39 is 57.4 Å². The van der Waals surface area contributed by atoms with Crippen molar-refractivity contribution in [3.8, 4) is 5.75 Å². The molecular formula is C25H29N3O9. The molecule has 0 heterocycles. The highest BCUT2D eigenvalue weighted by Gasteiger charge is 2.63. The van der Waals surface area contributed by atoms with E-state index in [9.17, 15) is 39.6 Å². The standard InChI is InChI=1S/C25H29N3O9/c1-28(2)13-4-5-14(29)17-12(13)8-24(10-27-16(31)9-37-3)7-11-6-15(30)18(23(26)35)21(33)25(11,36)22(34)19(24)20(17)32/h4-5,11,29-30,34,36H,6-10H2,1-3H3,(H2,26,35)(H,27,31)/t11-,24-,25-/m1/s1. The number of amides is 2. The molecule has 198 valence electrons. The quantitative estimate of drug-likeness (QED) is 0.275. The van der Waals surface area contributed by atoms with E-state index in [1.54, 1.807) is 25.1 Å². The van der Waals surface area contributed by atoms with E-state index in [2.05, 4.69) is 5.32 Å². The van der Waals surface area contributed by atoms with Crippen LogP contribution < -0.4 is 16.0 Å². The van der Waals surface area contributed by atoms with Crippen molar-refractivity contribution in [3.63, 3.8) is 0 Å². The maximum absolute atomic E-state index is 13.9. The molecule has 12 nitrogen and oxygen atoms in total. The Morgan fingerprint density at radius 2 is 1.89 bits per heavy atom. The maximum atomic E-state index is 13.9. The van der Waals surface area contributed by atoms with Crippen LogP contribution in [-0.2, 0) is 25.5 Å². The number of rotatable bonds is 6. The number of anilines is 1. The number of aromatic hydroxyl groups is 1. The summed E-state index contributed by atoms with van der Waals surface area (Å²) >= 11 is 0. The first kappa shape index (κ1) is 26.2. The van der Waals surface area contributed by atoms with Crippen LogP contribution in [0.25, 0.3) is 0 Å². The Labute approximate surface area is 212 Å². The third-order valence-corrected chi connectivity index (χ3v) is 7.52. The molecule has 2 amide bonds. The lowest BCUT2D eigenvalue weighted by atomic mass is 9.53. The molecule has 0 aromatic heterocycles. The van der Waals surface area contributed by atoms with Crippen molar-refractivity contribution >= 4 is 29.1 Å². The zero-order chi connectivity index (χ0) is 27.4. The molecule has 3 aliphatic rings. The molecule has 37 heavy (non-hydrogen) atoms. The molecule has 12 heteroatoms. The van der Waals surface area contributed by atoms with Crippen LogP contribution in [-0.4, -0.2) is 83.8 Å². The van der Waals surface area contributed by atoms with Gasteiger partial charge in [0.15, 0.2) is 11.4 Å². The Morgan fingerprint density at radius 3 is 2.49 bits per heavy atom. The smallest absolute Gasteiger partial charge is 0.255 e. The van der Waals surface area contributed by atoms with Gasteiger partial charge in [0.1, 0.15) is 29.4 Å². The highest BCUT2D eigenvalue weighted by Crippen LogP contribution is 2.57. The van der Waals surface area contributed by atoms with Gasteiger partial charge in [-0.3, -0.25) is 19.2 Å². The van der Waals surface area contributed by atoms with Gasteiger partial charge in [-0.2, -0.15) is 0 Å². The van der Waals surface area contributed by atoms with Crippen LogP contribution in [0.15, 0.2) is 34.8 Å². The highest BCUT2D eigenvalue weighted by molar-refractivity contribution is 6.24. The number of nitrogens with zero attached hydrogens (tertiary/aromatic N) is 1. The average Bonchev–Trinajstić information content (AvgIpc) is 2.80. The predicted molar refractivity (Wildman–Crippen MR) is 129 cm³/mol. The van der Waals surface area contributed by atoms with Gasteiger partial charge in [-0.25, -0.2) is 0 Å². The number of methoxy groups -OCH3 is 1. The SMILES string of the molecule is COCC(=O)NC[C@@]12Cc3c(N(C)C)ccc(O)c3C(=O)C1=C(O)[C@]1(O)C(=O)C(C(N)=O)=C(O)C[C@@H]1C2. The van der Waals surface area contributed by atoms with Crippen molar-refractivity contribution in [2.24, 2.45) is 17.1 Å². The molecule has 0 spiro atoms. The van der Waals surface area contributed by atoms with E-state index in [4.69, 9.17) is 10.5 Å².